The largest absolute Gasteiger partial charge is 0.327 e. The summed E-state index contributed by atoms with van der Waals surface area (Å²) in [4.78, 5) is -2.04. The van der Waals surface area contributed by atoms with E-state index in [0.29, 0.717) is 6.10 Å². The van der Waals surface area contributed by atoms with E-state index in [0.717, 1.165) is 18.6 Å². The molecule has 1 rings (SSSR count). The van der Waals surface area contributed by atoms with Crippen LogP contribution in [-0.4, -0.2) is 11.9 Å². The third kappa shape index (κ3) is 5.03. The van der Waals surface area contributed by atoms with Crippen LogP contribution < -0.4 is 0 Å². The van der Waals surface area contributed by atoms with Gasteiger partial charge in [-0.15, -0.1) is 0 Å². The predicted molar refractivity (Wildman–Crippen MR) is 66.2 cm³/mol. The summed E-state index contributed by atoms with van der Waals surface area (Å²) in [6.45, 7) is 2.07. The van der Waals surface area contributed by atoms with Crippen molar-refractivity contribution in [1.29, 1.82) is 0 Å². The van der Waals surface area contributed by atoms with E-state index >= 15 is 0 Å². The molecule has 1 aliphatic rings. The highest BCUT2D eigenvalue weighted by Gasteiger charge is 2.22. The first-order valence-electron chi connectivity index (χ1n) is 4.76. The summed E-state index contributed by atoms with van der Waals surface area (Å²) in [5.41, 5.74) is 0. The first-order valence-corrected chi connectivity index (χ1v) is 9.98. The van der Waals surface area contributed by atoms with Crippen LogP contribution in [0.3, 0.4) is 0 Å². The summed E-state index contributed by atoms with van der Waals surface area (Å²) in [7, 11) is 0. The molecule has 1 aliphatic carbocycles. The van der Waals surface area contributed by atoms with Crippen molar-refractivity contribution >= 4 is 39.2 Å². The van der Waals surface area contributed by atoms with Crippen LogP contribution in [0.15, 0.2) is 0 Å². The summed E-state index contributed by atoms with van der Waals surface area (Å²) in [6, 6.07) is 0. The standard InChI is InChI=1S/C8H16ClOPS2/c1-2-13-11(9,12)10-8-6-4-3-5-7-8/h8H,2-7H2,1H3. The molecule has 1 unspecified atom stereocenters. The van der Waals surface area contributed by atoms with Crippen molar-refractivity contribution < 1.29 is 4.52 Å². The number of rotatable bonds is 4. The van der Waals surface area contributed by atoms with E-state index in [-0.39, 0.29) is 0 Å². The van der Waals surface area contributed by atoms with Gasteiger partial charge in [-0.1, -0.05) is 37.6 Å². The lowest BCUT2D eigenvalue weighted by atomic mass is 9.98. The van der Waals surface area contributed by atoms with E-state index in [4.69, 9.17) is 27.6 Å². The molecule has 0 spiro atoms. The second kappa shape index (κ2) is 5.97. The fourth-order valence-electron chi connectivity index (χ4n) is 1.53. The van der Waals surface area contributed by atoms with E-state index < -0.39 is 4.82 Å². The van der Waals surface area contributed by atoms with E-state index in [1.54, 1.807) is 11.4 Å². The van der Waals surface area contributed by atoms with Gasteiger partial charge in [-0.3, -0.25) is 0 Å². The van der Waals surface area contributed by atoms with Crippen LogP contribution in [0.4, 0.5) is 0 Å². The minimum absolute atomic E-state index is 0.344. The van der Waals surface area contributed by atoms with Crippen molar-refractivity contribution in [2.45, 2.75) is 45.1 Å². The van der Waals surface area contributed by atoms with Gasteiger partial charge >= 0.3 is 0 Å². The van der Waals surface area contributed by atoms with Crippen LogP contribution >= 0.6 is 27.4 Å². The lowest BCUT2D eigenvalue weighted by Crippen LogP contribution is -2.13. The smallest absolute Gasteiger partial charge is 0.207 e. The van der Waals surface area contributed by atoms with Gasteiger partial charge in [-0.05, 0) is 41.6 Å². The fourth-order valence-corrected chi connectivity index (χ4v) is 6.47. The quantitative estimate of drug-likeness (QED) is 0.685. The van der Waals surface area contributed by atoms with E-state index in [9.17, 15) is 0 Å². The van der Waals surface area contributed by atoms with Gasteiger partial charge < -0.3 is 4.52 Å². The molecule has 0 aliphatic heterocycles. The first kappa shape index (κ1) is 12.3. The van der Waals surface area contributed by atoms with Gasteiger partial charge in [-0.25, -0.2) is 0 Å². The minimum Gasteiger partial charge on any atom is -0.327 e. The normalized spacial score (nSPS) is 24.2. The molecule has 1 nitrogen and oxygen atoms in total. The van der Waals surface area contributed by atoms with Gasteiger partial charge in [0.2, 0.25) is 4.82 Å². The van der Waals surface area contributed by atoms with Crippen molar-refractivity contribution in [2.75, 3.05) is 5.75 Å². The molecule has 0 radical (unpaired) electrons. The van der Waals surface area contributed by atoms with Crippen LogP contribution in [0.5, 0.6) is 0 Å². The monoisotopic (exact) mass is 258 g/mol. The van der Waals surface area contributed by atoms with Crippen LogP contribution in [0.1, 0.15) is 39.0 Å². The maximum atomic E-state index is 6.14. The van der Waals surface area contributed by atoms with Crippen LogP contribution in [0, 0.1) is 0 Å². The van der Waals surface area contributed by atoms with Crippen molar-refractivity contribution in [1.82, 2.24) is 0 Å². The molecule has 0 aromatic carbocycles. The SMILES string of the molecule is CCSP(=S)(Cl)OC1CCCCC1. The zero-order valence-electron chi connectivity index (χ0n) is 7.87. The molecule has 0 saturated heterocycles. The van der Waals surface area contributed by atoms with Gasteiger partial charge in [0, 0.05) is 0 Å². The maximum Gasteiger partial charge on any atom is 0.207 e. The van der Waals surface area contributed by atoms with Crippen molar-refractivity contribution in [3.8, 4) is 0 Å². The van der Waals surface area contributed by atoms with Crippen LogP contribution in [0.2, 0.25) is 0 Å². The zero-order valence-corrected chi connectivity index (χ0v) is 11.2. The number of halogens is 1. The molecule has 0 aromatic rings. The molecule has 0 aromatic heterocycles. The van der Waals surface area contributed by atoms with Crippen LogP contribution in [-0.2, 0) is 16.3 Å². The molecule has 0 heterocycles. The molecule has 0 bridgehead atoms. The van der Waals surface area contributed by atoms with E-state index in [1.807, 2.05) is 0 Å². The summed E-state index contributed by atoms with van der Waals surface area (Å²) in [5.74, 6) is 0.952. The Morgan fingerprint density at radius 3 is 2.62 bits per heavy atom. The average Bonchev–Trinajstić information content (AvgIpc) is 2.04. The molecule has 5 heteroatoms. The molecule has 1 atom stereocenters. The molecular formula is C8H16ClOPS2. The van der Waals surface area contributed by atoms with Gasteiger partial charge in [0.15, 0.2) is 0 Å². The lowest BCUT2D eigenvalue weighted by Gasteiger charge is -2.25. The molecular weight excluding hydrogens is 243 g/mol. The Hall–Kier alpha value is 1.25. The number of hydrogen-bond donors (Lipinski definition) is 0. The zero-order chi connectivity index (χ0) is 9.73. The number of hydrogen-bond acceptors (Lipinski definition) is 3. The maximum absolute atomic E-state index is 6.14. The Balaban J connectivity index is 2.32. The van der Waals surface area contributed by atoms with Gasteiger partial charge in [0.1, 0.15) is 0 Å². The molecule has 13 heavy (non-hydrogen) atoms. The Morgan fingerprint density at radius 2 is 2.08 bits per heavy atom. The highest BCUT2D eigenvalue weighted by Crippen LogP contribution is 2.65. The van der Waals surface area contributed by atoms with E-state index in [2.05, 4.69) is 6.92 Å². The highest BCUT2D eigenvalue weighted by molar-refractivity contribution is 8.76. The molecule has 78 valence electrons. The van der Waals surface area contributed by atoms with Crippen molar-refractivity contribution in [2.24, 2.45) is 0 Å². The third-order valence-corrected chi connectivity index (χ3v) is 7.51. The Bertz CT molecular complexity index is 195. The Labute approximate surface area is 94.6 Å². The second-order valence-corrected chi connectivity index (χ2v) is 12.3. The molecule has 0 N–H and O–H groups in total. The molecule has 0 amide bonds. The lowest BCUT2D eigenvalue weighted by molar-refractivity contribution is 0.179. The summed E-state index contributed by atoms with van der Waals surface area (Å²) < 4.78 is 5.77. The second-order valence-electron chi connectivity index (χ2n) is 3.21. The highest BCUT2D eigenvalue weighted by atomic mass is 35.7. The third-order valence-electron chi connectivity index (χ3n) is 2.11. The summed E-state index contributed by atoms with van der Waals surface area (Å²) in [5, 5.41) is 0. The van der Waals surface area contributed by atoms with Crippen molar-refractivity contribution in [3.63, 3.8) is 0 Å². The molecule has 1 fully saturated rings. The Kier molecular flexibility index (Phi) is 5.66. The topological polar surface area (TPSA) is 9.23 Å². The average molecular weight is 259 g/mol. The summed E-state index contributed by atoms with van der Waals surface area (Å²) in [6.07, 6.45) is 6.52. The van der Waals surface area contributed by atoms with Gasteiger partial charge in [0.05, 0.1) is 6.10 Å². The summed E-state index contributed by atoms with van der Waals surface area (Å²) >= 11 is 13.0. The van der Waals surface area contributed by atoms with Crippen LogP contribution in [0.25, 0.3) is 0 Å². The van der Waals surface area contributed by atoms with Gasteiger partial charge in [-0.2, -0.15) is 0 Å². The molecule has 1 saturated carbocycles. The first-order chi connectivity index (χ1) is 6.14. The fraction of sp³-hybridized carbons (Fsp3) is 1.00. The predicted octanol–water partition coefficient (Wildman–Crippen LogP) is 4.55. The minimum atomic E-state index is -2.04. The van der Waals surface area contributed by atoms with Crippen molar-refractivity contribution in [3.05, 3.63) is 0 Å². The van der Waals surface area contributed by atoms with E-state index in [1.165, 1.54) is 19.3 Å². The van der Waals surface area contributed by atoms with Gasteiger partial charge in [0.25, 0.3) is 0 Å². The Morgan fingerprint density at radius 1 is 1.46 bits per heavy atom.